The first-order valence-corrected chi connectivity index (χ1v) is 30.8. The number of hydrogen-bond donors (Lipinski definition) is 17. The molecule has 17 N–H and O–H groups in total. The third-order valence-corrected chi connectivity index (χ3v) is 22.6. The van der Waals surface area contributed by atoms with Gasteiger partial charge in [-0.2, -0.15) is 0 Å². The molecule has 498 valence electrons. The van der Waals surface area contributed by atoms with E-state index in [2.05, 4.69) is 40.7 Å². The third kappa shape index (κ3) is 12.3. The Hall–Kier alpha value is -1.34. The number of aliphatic hydroxyl groups is 17. The molecule has 9 rings (SSSR count). The zero-order valence-electron chi connectivity index (χ0n) is 50.5. The zero-order valence-corrected chi connectivity index (χ0v) is 50.5. The molecule has 4 saturated carbocycles. The minimum Gasteiger partial charge on any atom is -0.394 e. The highest BCUT2D eigenvalue weighted by Crippen LogP contribution is 2.76. The Morgan fingerprint density at radius 3 is 1.59 bits per heavy atom. The Morgan fingerprint density at radius 2 is 1.01 bits per heavy atom. The summed E-state index contributed by atoms with van der Waals surface area (Å²) in [6.07, 6.45) is -33.5. The second kappa shape index (κ2) is 26.6. The van der Waals surface area contributed by atoms with Gasteiger partial charge in [-0.05, 0) is 124 Å². The largest absolute Gasteiger partial charge is 0.394 e. The standard InChI is InChI=1S/C59H100O27/c1-24(2)10-9-14-59(8,86-52-47(76)42(71)40(69)31(82-52)23-78-50-46(75)41(70)37(66)28(19-60)79-50)25-11-16-58(7)35(25)26(63)18-33-56(5)15-13-34(55(3,4)32(56)12-17-57(33,58)6)83-53-48(43(72)38(67)29(20-61)80-53)85-54-49(44(73)39(68)30(21-62)81-54)84-51-45(74)36(65)27(64)22-77-51/h10,25-54,60-76H,9,11-23H2,1-8H3/t25-,26+,27-,28+,29+,30+,31+,32-,33+,34-,35-,36+,37+,38+,39+,40+,41-,42-,43-,44-,45-,46+,47+,48+,49+,50+,51?,52-,53-,54?,56-,57+,58+,59-/m0/s1. The number of fused-ring (bicyclic) bond motifs is 5. The first kappa shape index (κ1) is 69.0. The van der Waals surface area contributed by atoms with Crippen LogP contribution in [0.5, 0.6) is 0 Å². The number of aliphatic hydroxyl groups excluding tert-OH is 17. The highest BCUT2D eigenvalue weighted by Gasteiger charge is 2.72. The fourth-order valence-electron chi connectivity index (χ4n) is 17.4. The molecule has 0 aromatic heterocycles. The summed E-state index contributed by atoms with van der Waals surface area (Å²) >= 11 is 0. The fraction of sp³-hybridized carbons (Fsp3) is 0.966. The van der Waals surface area contributed by atoms with Crippen molar-refractivity contribution in [2.45, 2.75) is 278 Å². The van der Waals surface area contributed by atoms with Crippen LogP contribution in [0.25, 0.3) is 0 Å². The van der Waals surface area contributed by atoms with E-state index in [4.69, 9.17) is 47.4 Å². The Bertz CT molecular complexity index is 2260. The van der Waals surface area contributed by atoms with Crippen LogP contribution in [0.2, 0.25) is 0 Å². The summed E-state index contributed by atoms with van der Waals surface area (Å²) in [5.74, 6) is -0.656. The van der Waals surface area contributed by atoms with Crippen molar-refractivity contribution in [3.8, 4) is 0 Å². The van der Waals surface area contributed by atoms with Gasteiger partial charge in [-0.25, -0.2) is 0 Å². The number of ether oxygens (including phenoxy) is 10. The Balaban J connectivity index is 0.933. The summed E-state index contributed by atoms with van der Waals surface area (Å²) in [7, 11) is 0. The van der Waals surface area contributed by atoms with E-state index in [0.29, 0.717) is 38.5 Å². The summed E-state index contributed by atoms with van der Waals surface area (Å²) in [5, 5.41) is 185. The maximum absolute atomic E-state index is 12.9. The molecule has 0 radical (unpaired) electrons. The minimum atomic E-state index is -1.89. The van der Waals surface area contributed by atoms with E-state index in [-0.39, 0.29) is 34.5 Å². The van der Waals surface area contributed by atoms with Gasteiger partial charge >= 0.3 is 0 Å². The molecule has 5 saturated heterocycles. The topological polar surface area (TPSA) is 436 Å². The molecule has 86 heavy (non-hydrogen) atoms. The van der Waals surface area contributed by atoms with Gasteiger partial charge in [0.2, 0.25) is 0 Å². The number of allylic oxidation sites excluding steroid dienone is 2. The lowest BCUT2D eigenvalue weighted by Gasteiger charge is -2.71. The average Bonchev–Trinajstić information content (AvgIpc) is 1.26. The predicted molar refractivity (Wildman–Crippen MR) is 293 cm³/mol. The van der Waals surface area contributed by atoms with E-state index in [1.54, 1.807) is 0 Å². The van der Waals surface area contributed by atoms with Crippen LogP contribution < -0.4 is 0 Å². The van der Waals surface area contributed by atoms with Gasteiger partial charge in [0.15, 0.2) is 31.5 Å². The van der Waals surface area contributed by atoms with Crippen LogP contribution in [-0.2, 0) is 47.4 Å². The van der Waals surface area contributed by atoms with Crippen LogP contribution in [0.4, 0.5) is 0 Å². The van der Waals surface area contributed by atoms with Crippen LogP contribution in [-0.4, -0.2) is 285 Å². The lowest BCUT2D eigenvalue weighted by molar-refractivity contribution is -0.395. The second-order valence-electron chi connectivity index (χ2n) is 28.1. The number of hydrogen-bond acceptors (Lipinski definition) is 27. The normalized spacial score (nSPS) is 52.9. The van der Waals surface area contributed by atoms with Gasteiger partial charge in [0.1, 0.15) is 116 Å². The Morgan fingerprint density at radius 1 is 0.512 bits per heavy atom. The highest BCUT2D eigenvalue weighted by atomic mass is 16.8. The Kier molecular flexibility index (Phi) is 21.3. The lowest BCUT2D eigenvalue weighted by Crippen LogP contribution is -2.68. The van der Waals surface area contributed by atoms with Gasteiger partial charge in [-0.3, -0.25) is 0 Å². The molecule has 0 aromatic carbocycles. The van der Waals surface area contributed by atoms with Crippen LogP contribution in [0.3, 0.4) is 0 Å². The van der Waals surface area contributed by atoms with Gasteiger partial charge in [-0.1, -0.05) is 46.3 Å². The van der Waals surface area contributed by atoms with E-state index in [9.17, 15) is 86.8 Å². The minimum absolute atomic E-state index is 0.0122. The summed E-state index contributed by atoms with van der Waals surface area (Å²) in [6, 6.07) is 0. The maximum Gasteiger partial charge on any atom is 0.187 e. The van der Waals surface area contributed by atoms with Crippen molar-refractivity contribution < 1.29 is 134 Å². The predicted octanol–water partition coefficient (Wildman–Crippen LogP) is -3.74. The quantitative estimate of drug-likeness (QED) is 0.0463. The number of rotatable bonds is 18. The SMILES string of the molecule is CC(C)=CCC[C@](C)(O[C@@H]1O[C@H](CO[C@@H]2O[C@H](CO)[C@@H](O)[C@H](O)[C@H]2O)[C@@H](O)[C@H](O)[C@H]1O)[C@H]1CC[C@]2(C)[C@@H]1[C@H](O)C[C@@H]1[C@@]3(C)CC[C@H](O[C@@H]4O[C@H](CO)[C@@H](O)[C@H](O)[C@H]4OC4O[C@H](CO)[C@@H](O)[C@H](O)[C@H]4OC4OC[C@H](O)[C@@H](O)[C@@H]4O)C(C)(C)[C@@H]3CC[C@]12C. The van der Waals surface area contributed by atoms with E-state index < -0.39 is 209 Å². The van der Waals surface area contributed by atoms with Crippen molar-refractivity contribution in [2.75, 3.05) is 33.0 Å². The van der Waals surface area contributed by atoms with Gasteiger partial charge in [0.05, 0.1) is 50.8 Å². The zero-order chi connectivity index (χ0) is 63.1. The van der Waals surface area contributed by atoms with Crippen LogP contribution in [0.15, 0.2) is 11.6 Å². The summed E-state index contributed by atoms with van der Waals surface area (Å²) in [6.45, 7) is 13.8. The van der Waals surface area contributed by atoms with E-state index in [1.165, 1.54) is 0 Å². The molecule has 27 nitrogen and oxygen atoms in total. The molecule has 0 aromatic rings. The monoisotopic (exact) mass is 1240 g/mol. The third-order valence-electron chi connectivity index (χ3n) is 22.6. The van der Waals surface area contributed by atoms with Crippen molar-refractivity contribution in [3.05, 3.63) is 11.6 Å². The van der Waals surface area contributed by atoms with E-state index in [1.807, 2.05) is 20.8 Å². The highest BCUT2D eigenvalue weighted by molar-refractivity contribution is 5.21. The molecule has 0 bridgehead atoms. The molecule has 2 unspecified atom stereocenters. The fourth-order valence-corrected chi connectivity index (χ4v) is 17.4. The van der Waals surface area contributed by atoms with Crippen molar-refractivity contribution in [2.24, 2.45) is 45.3 Å². The van der Waals surface area contributed by atoms with Crippen molar-refractivity contribution in [1.82, 2.24) is 0 Å². The van der Waals surface area contributed by atoms with E-state index in [0.717, 1.165) is 24.8 Å². The van der Waals surface area contributed by atoms with Crippen LogP contribution in [0, 0.1) is 45.3 Å². The molecule has 0 spiro atoms. The lowest BCUT2D eigenvalue weighted by atomic mass is 9.35. The first-order valence-electron chi connectivity index (χ1n) is 30.8. The molecule has 0 amide bonds. The van der Waals surface area contributed by atoms with Crippen LogP contribution in [0.1, 0.15) is 113 Å². The van der Waals surface area contributed by atoms with E-state index >= 15 is 0 Å². The second-order valence-corrected chi connectivity index (χ2v) is 28.1. The van der Waals surface area contributed by atoms with Crippen molar-refractivity contribution in [1.29, 1.82) is 0 Å². The summed E-state index contributed by atoms with van der Waals surface area (Å²) in [4.78, 5) is 0. The first-order chi connectivity index (χ1) is 40.3. The van der Waals surface area contributed by atoms with Crippen molar-refractivity contribution >= 4 is 0 Å². The molecule has 27 heteroatoms. The molecule has 9 aliphatic rings. The van der Waals surface area contributed by atoms with Gasteiger partial charge in [0, 0.05) is 0 Å². The van der Waals surface area contributed by atoms with Crippen molar-refractivity contribution in [3.63, 3.8) is 0 Å². The maximum atomic E-state index is 12.9. The average molecular weight is 1240 g/mol. The van der Waals surface area contributed by atoms with Gasteiger partial charge in [0.25, 0.3) is 0 Å². The van der Waals surface area contributed by atoms with Crippen LogP contribution >= 0.6 is 0 Å². The molecular formula is C59H100O27. The molecule has 34 atom stereocenters. The smallest absolute Gasteiger partial charge is 0.187 e. The van der Waals surface area contributed by atoms with Gasteiger partial charge in [-0.15, -0.1) is 0 Å². The summed E-state index contributed by atoms with van der Waals surface area (Å²) < 4.78 is 61.1. The molecule has 4 aliphatic carbocycles. The molecule has 5 heterocycles. The molecule has 9 fully saturated rings. The molecular weight excluding hydrogens is 1140 g/mol. The van der Waals surface area contributed by atoms with Gasteiger partial charge < -0.3 is 134 Å². The molecule has 5 aliphatic heterocycles. The summed E-state index contributed by atoms with van der Waals surface area (Å²) in [5.41, 5.74) is -1.87. The Labute approximate surface area is 501 Å².